The Bertz CT molecular complexity index is 314. The smallest absolute Gasteiger partial charge is 0.159 e. The zero-order chi connectivity index (χ0) is 13.8. The summed E-state index contributed by atoms with van der Waals surface area (Å²) >= 11 is 0. The summed E-state index contributed by atoms with van der Waals surface area (Å²) in [4.78, 5) is 0. The molecular weight excluding hydrogens is 240 g/mol. The van der Waals surface area contributed by atoms with Gasteiger partial charge in [-0.05, 0) is 31.2 Å². The SMILES string of the molecule is CC(C#C[Si](C)(C)C(C)(C)C)OC1CCCCO1. The van der Waals surface area contributed by atoms with Gasteiger partial charge in [0, 0.05) is 6.61 Å². The highest BCUT2D eigenvalue weighted by atomic mass is 28.3. The normalized spacial score (nSPS) is 23.1. The molecule has 0 aromatic heterocycles. The summed E-state index contributed by atoms with van der Waals surface area (Å²) in [5, 5.41) is 0.307. The zero-order valence-corrected chi connectivity index (χ0v) is 13.8. The third kappa shape index (κ3) is 4.76. The molecule has 2 nitrogen and oxygen atoms in total. The second-order valence-electron chi connectivity index (χ2n) is 6.72. The molecule has 3 heteroatoms. The molecule has 0 bridgehead atoms. The largest absolute Gasteiger partial charge is 0.353 e. The van der Waals surface area contributed by atoms with E-state index >= 15 is 0 Å². The summed E-state index contributed by atoms with van der Waals surface area (Å²) in [5.74, 6) is 3.29. The van der Waals surface area contributed by atoms with Crippen LogP contribution in [0.2, 0.25) is 18.1 Å². The predicted octanol–water partition coefficient (Wildman–Crippen LogP) is 3.97. The van der Waals surface area contributed by atoms with Gasteiger partial charge in [-0.3, -0.25) is 0 Å². The maximum atomic E-state index is 5.83. The third-order valence-electron chi connectivity index (χ3n) is 3.96. The van der Waals surface area contributed by atoms with Gasteiger partial charge in [0.15, 0.2) is 6.29 Å². The van der Waals surface area contributed by atoms with Crippen LogP contribution in [0.15, 0.2) is 0 Å². The molecule has 0 N–H and O–H groups in total. The first-order valence-electron chi connectivity index (χ1n) is 7.02. The standard InChI is InChI=1S/C15H28O2Si/c1-13(17-14-9-7-8-11-16-14)10-12-18(5,6)15(2,3)4/h13-14H,7-9,11H2,1-6H3. The molecule has 1 rings (SSSR count). The summed E-state index contributed by atoms with van der Waals surface area (Å²) in [6.07, 6.45) is 3.30. The van der Waals surface area contributed by atoms with Crippen molar-refractivity contribution in [2.24, 2.45) is 0 Å². The highest BCUT2D eigenvalue weighted by molar-refractivity contribution is 6.87. The molecule has 0 radical (unpaired) electrons. The van der Waals surface area contributed by atoms with Crippen molar-refractivity contribution in [1.29, 1.82) is 0 Å². The molecule has 0 spiro atoms. The second-order valence-corrected chi connectivity index (χ2v) is 11.7. The van der Waals surface area contributed by atoms with Crippen LogP contribution in [-0.4, -0.2) is 27.1 Å². The molecule has 1 aliphatic rings. The minimum Gasteiger partial charge on any atom is -0.353 e. The molecule has 1 fully saturated rings. The maximum Gasteiger partial charge on any atom is 0.159 e. The zero-order valence-electron chi connectivity index (χ0n) is 12.8. The van der Waals surface area contributed by atoms with E-state index in [-0.39, 0.29) is 12.4 Å². The molecular formula is C15H28O2Si. The molecule has 0 saturated carbocycles. The van der Waals surface area contributed by atoms with Gasteiger partial charge in [-0.25, -0.2) is 0 Å². The highest BCUT2D eigenvalue weighted by Crippen LogP contribution is 2.35. The van der Waals surface area contributed by atoms with Crippen molar-refractivity contribution in [3.8, 4) is 11.5 Å². The van der Waals surface area contributed by atoms with E-state index in [0.29, 0.717) is 5.04 Å². The summed E-state index contributed by atoms with van der Waals surface area (Å²) in [5.41, 5.74) is 3.50. The fourth-order valence-electron chi connectivity index (χ4n) is 1.55. The van der Waals surface area contributed by atoms with Gasteiger partial charge in [-0.2, -0.15) is 0 Å². The van der Waals surface area contributed by atoms with Crippen LogP contribution in [0.1, 0.15) is 47.0 Å². The van der Waals surface area contributed by atoms with Gasteiger partial charge in [0.05, 0.1) is 0 Å². The van der Waals surface area contributed by atoms with Gasteiger partial charge in [0.2, 0.25) is 0 Å². The van der Waals surface area contributed by atoms with Gasteiger partial charge in [0.1, 0.15) is 14.2 Å². The molecule has 1 saturated heterocycles. The quantitative estimate of drug-likeness (QED) is 0.557. The first-order chi connectivity index (χ1) is 8.22. The first kappa shape index (κ1) is 15.8. The van der Waals surface area contributed by atoms with Crippen LogP contribution in [0.25, 0.3) is 0 Å². The van der Waals surface area contributed by atoms with Gasteiger partial charge >= 0.3 is 0 Å². The Morgan fingerprint density at radius 1 is 1.28 bits per heavy atom. The van der Waals surface area contributed by atoms with E-state index in [4.69, 9.17) is 9.47 Å². The lowest BCUT2D eigenvalue weighted by Crippen LogP contribution is -2.36. The molecule has 0 aliphatic carbocycles. The Morgan fingerprint density at radius 3 is 2.44 bits per heavy atom. The van der Waals surface area contributed by atoms with Gasteiger partial charge in [0.25, 0.3) is 0 Å². The summed E-state index contributed by atoms with van der Waals surface area (Å²) in [6.45, 7) is 14.3. The van der Waals surface area contributed by atoms with Gasteiger partial charge in [-0.1, -0.05) is 39.8 Å². The van der Waals surface area contributed by atoms with Crippen LogP contribution < -0.4 is 0 Å². The third-order valence-corrected chi connectivity index (χ3v) is 8.48. The molecule has 2 atom stereocenters. The predicted molar refractivity (Wildman–Crippen MR) is 79.1 cm³/mol. The van der Waals surface area contributed by atoms with Crippen molar-refractivity contribution in [2.45, 2.75) is 77.5 Å². The second kappa shape index (κ2) is 6.23. The Balaban J connectivity index is 2.51. The molecule has 1 heterocycles. The minimum atomic E-state index is -1.52. The van der Waals surface area contributed by atoms with E-state index in [0.717, 1.165) is 19.4 Å². The van der Waals surface area contributed by atoms with Crippen LogP contribution in [0.4, 0.5) is 0 Å². The van der Waals surface area contributed by atoms with Crippen LogP contribution >= 0.6 is 0 Å². The lowest BCUT2D eigenvalue weighted by atomic mass is 10.2. The molecule has 0 amide bonds. The van der Waals surface area contributed by atoms with Crippen LogP contribution in [0.5, 0.6) is 0 Å². The van der Waals surface area contributed by atoms with Gasteiger partial charge < -0.3 is 9.47 Å². The van der Waals surface area contributed by atoms with Crippen molar-refractivity contribution in [2.75, 3.05) is 6.61 Å². The summed E-state index contributed by atoms with van der Waals surface area (Å²) in [7, 11) is -1.52. The van der Waals surface area contributed by atoms with Crippen LogP contribution in [0.3, 0.4) is 0 Å². The van der Waals surface area contributed by atoms with Crippen molar-refractivity contribution in [3.63, 3.8) is 0 Å². The lowest BCUT2D eigenvalue weighted by Gasteiger charge is -2.31. The van der Waals surface area contributed by atoms with Crippen LogP contribution in [0, 0.1) is 11.5 Å². The molecule has 1 aliphatic heterocycles. The van der Waals surface area contributed by atoms with E-state index in [1.165, 1.54) is 6.42 Å². The average molecular weight is 268 g/mol. The van der Waals surface area contributed by atoms with E-state index < -0.39 is 8.07 Å². The van der Waals surface area contributed by atoms with Crippen molar-refractivity contribution < 1.29 is 9.47 Å². The Hall–Kier alpha value is -0.303. The Morgan fingerprint density at radius 2 is 1.94 bits per heavy atom. The van der Waals surface area contributed by atoms with E-state index in [1.807, 2.05) is 6.92 Å². The van der Waals surface area contributed by atoms with Gasteiger partial charge in [-0.15, -0.1) is 5.54 Å². The minimum absolute atomic E-state index is 0.0257. The van der Waals surface area contributed by atoms with Crippen LogP contribution in [-0.2, 0) is 9.47 Å². The number of hydrogen-bond donors (Lipinski definition) is 0. The van der Waals surface area contributed by atoms with Crippen molar-refractivity contribution in [3.05, 3.63) is 0 Å². The fraction of sp³-hybridized carbons (Fsp3) is 0.867. The van der Waals surface area contributed by atoms with E-state index in [9.17, 15) is 0 Å². The highest BCUT2D eigenvalue weighted by Gasteiger charge is 2.33. The molecule has 2 unspecified atom stereocenters. The van der Waals surface area contributed by atoms with E-state index in [1.54, 1.807) is 0 Å². The molecule has 0 aromatic carbocycles. The molecule has 18 heavy (non-hydrogen) atoms. The lowest BCUT2D eigenvalue weighted by molar-refractivity contribution is -0.173. The number of rotatable bonds is 2. The number of hydrogen-bond acceptors (Lipinski definition) is 2. The Kier molecular flexibility index (Phi) is 5.45. The summed E-state index contributed by atoms with van der Waals surface area (Å²) in [6, 6.07) is 0. The number of ether oxygens (including phenoxy) is 2. The average Bonchev–Trinajstić information content (AvgIpc) is 2.26. The monoisotopic (exact) mass is 268 g/mol. The fourth-order valence-corrected chi connectivity index (χ4v) is 2.49. The van der Waals surface area contributed by atoms with Crippen molar-refractivity contribution in [1.82, 2.24) is 0 Å². The Labute approximate surface area is 113 Å². The molecule has 104 valence electrons. The first-order valence-corrected chi connectivity index (χ1v) is 10.0. The topological polar surface area (TPSA) is 18.5 Å². The van der Waals surface area contributed by atoms with E-state index in [2.05, 4.69) is 45.3 Å². The maximum absolute atomic E-state index is 5.83. The summed E-state index contributed by atoms with van der Waals surface area (Å²) < 4.78 is 11.4. The van der Waals surface area contributed by atoms with Crippen molar-refractivity contribution >= 4 is 8.07 Å². The molecule has 0 aromatic rings.